The van der Waals surface area contributed by atoms with E-state index < -0.39 is 5.97 Å². The number of carboxylic acids is 1. The van der Waals surface area contributed by atoms with E-state index in [1.807, 2.05) is 6.92 Å². The first-order chi connectivity index (χ1) is 11.7. The molecule has 0 amide bonds. The molecule has 0 saturated heterocycles. The number of carbonyl (C=O) groups is 3. The lowest BCUT2D eigenvalue weighted by molar-refractivity contribution is -0.139. The molecule has 0 aromatic carbocycles. The molecule has 0 atom stereocenters. The molecule has 0 rings (SSSR count). The van der Waals surface area contributed by atoms with Crippen LogP contribution in [0.4, 0.5) is 0 Å². The molecule has 0 saturated carbocycles. The van der Waals surface area contributed by atoms with E-state index in [1.54, 1.807) is 6.92 Å². The number of rotatable bonds is 9. The Balaban J connectivity index is -0.000000337. The van der Waals surface area contributed by atoms with Crippen LogP contribution in [0.2, 0.25) is 0 Å². The Morgan fingerprint density at radius 3 is 1.84 bits per heavy atom. The van der Waals surface area contributed by atoms with Crippen LogP contribution < -0.4 is 0 Å². The van der Waals surface area contributed by atoms with E-state index >= 15 is 0 Å². The van der Waals surface area contributed by atoms with Gasteiger partial charge in [0.25, 0.3) is 0 Å². The molecule has 0 aliphatic carbocycles. The SMILES string of the molecule is C=C(C)C(=O)OC.C=C(CC)C(=O)OCCCCCC.C=CC(=O)O. The van der Waals surface area contributed by atoms with Crippen molar-refractivity contribution in [3.05, 3.63) is 37.0 Å². The van der Waals surface area contributed by atoms with Gasteiger partial charge in [0, 0.05) is 17.2 Å². The number of carbonyl (C=O) groups excluding carboxylic acids is 2. The number of unbranched alkanes of at least 4 members (excludes halogenated alkanes) is 3. The third kappa shape index (κ3) is 24.0. The summed E-state index contributed by atoms with van der Waals surface area (Å²) < 4.78 is 9.28. The molecular weight excluding hydrogens is 324 g/mol. The number of hydrogen-bond donors (Lipinski definition) is 1. The molecule has 0 fully saturated rings. The Bertz CT molecular complexity index is 437. The zero-order valence-electron chi connectivity index (χ0n) is 15.9. The molecule has 0 spiro atoms. The summed E-state index contributed by atoms with van der Waals surface area (Å²) in [5.41, 5.74) is 0.998. The van der Waals surface area contributed by atoms with Gasteiger partial charge in [-0.1, -0.05) is 52.8 Å². The van der Waals surface area contributed by atoms with Gasteiger partial charge in [-0.05, 0) is 19.8 Å². The average molecular weight is 356 g/mol. The van der Waals surface area contributed by atoms with Crippen LogP contribution in [0.15, 0.2) is 37.0 Å². The Kier molecular flexibility index (Phi) is 21.6. The summed E-state index contributed by atoms with van der Waals surface area (Å²) in [6.07, 6.45) is 6.04. The van der Waals surface area contributed by atoms with Gasteiger partial charge < -0.3 is 14.6 Å². The Labute approximate surface area is 151 Å². The fourth-order valence-electron chi connectivity index (χ4n) is 1.11. The second-order valence-electron chi connectivity index (χ2n) is 4.97. The summed E-state index contributed by atoms with van der Waals surface area (Å²) in [6, 6.07) is 0. The predicted octanol–water partition coefficient (Wildman–Crippen LogP) is 4.07. The first-order valence-corrected chi connectivity index (χ1v) is 8.11. The molecule has 6 nitrogen and oxygen atoms in total. The molecule has 144 valence electrons. The Hall–Kier alpha value is -2.37. The highest BCUT2D eigenvalue weighted by atomic mass is 16.5. The fraction of sp³-hybridized carbons (Fsp3) is 0.526. The standard InChI is InChI=1S/C11H20O2.C5H8O2.C3H4O2/c1-4-6-7-8-9-13-11(12)10(3)5-2;1-4(2)5(6)7-3;1-2-3(4)5/h3-9H2,1-2H3;1H2,2-3H3;2H,1H2,(H,4,5). The van der Waals surface area contributed by atoms with Gasteiger partial charge in [-0.15, -0.1) is 0 Å². The fourth-order valence-corrected chi connectivity index (χ4v) is 1.11. The van der Waals surface area contributed by atoms with E-state index in [4.69, 9.17) is 9.84 Å². The number of carboxylic acid groups (broad SMARTS) is 1. The molecule has 0 bridgehead atoms. The lowest BCUT2D eigenvalue weighted by Gasteiger charge is -2.04. The molecule has 25 heavy (non-hydrogen) atoms. The van der Waals surface area contributed by atoms with Crippen LogP contribution >= 0.6 is 0 Å². The topological polar surface area (TPSA) is 89.9 Å². The van der Waals surface area contributed by atoms with E-state index in [9.17, 15) is 14.4 Å². The minimum atomic E-state index is -0.981. The zero-order chi connectivity index (χ0) is 20.3. The van der Waals surface area contributed by atoms with Crippen molar-refractivity contribution in [1.29, 1.82) is 0 Å². The number of methoxy groups -OCH3 is 1. The summed E-state index contributed by atoms with van der Waals surface area (Å²) in [7, 11) is 1.33. The van der Waals surface area contributed by atoms with Gasteiger partial charge in [0.1, 0.15) is 0 Å². The maximum absolute atomic E-state index is 11.1. The van der Waals surface area contributed by atoms with Crippen LogP contribution in [-0.4, -0.2) is 36.7 Å². The molecule has 0 unspecified atom stereocenters. The molecule has 0 heterocycles. The van der Waals surface area contributed by atoms with E-state index in [2.05, 4.69) is 31.4 Å². The van der Waals surface area contributed by atoms with Gasteiger partial charge in [0.05, 0.1) is 13.7 Å². The van der Waals surface area contributed by atoms with Crippen molar-refractivity contribution in [3.8, 4) is 0 Å². The highest BCUT2D eigenvalue weighted by molar-refractivity contribution is 5.87. The molecule has 0 aliphatic heterocycles. The Morgan fingerprint density at radius 1 is 1.04 bits per heavy atom. The predicted molar refractivity (Wildman–Crippen MR) is 99.2 cm³/mol. The summed E-state index contributed by atoms with van der Waals surface area (Å²) in [4.78, 5) is 30.5. The van der Waals surface area contributed by atoms with Crippen molar-refractivity contribution in [2.24, 2.45) is 0 Å². The summed E-state index contributed by atoms with van der Waals surface area (Å²) in [5, 5.41) is 7.60. The van der Waals surface area contributed by atoms with Crippen molar-refractivity contribution < 1.29 is 29.0 Å². The quantitative estimate of drug-likeness (QED) is 0.380. The van der Waals surface area contributed by atoms with Crippen molar-refractivity contribution in [3.63, 3.8) is 0 Å². The molecule has 1 N–H and O–H groups in total. The van der Waals surface area contributed by atoms with Crippen LogP contribution in [0, 0.1) is 0 Å². The van der Waals surface area contributed by atoms with Gasteiger partial charge >= 0.3 is 17.9 Å². The molecule has 0 aromatic heterocycles. The minimum absolute atomic E-state index is 0.237. The van der Waals surface area contributed by atoms with E-state index in [0.29, 0.717) is 24.2 Å². The largest absolute Gasteiger partial charge is 0.478 e. The van der Waals surface area contributed by atoms with E-state index in [1.165, 1.54) is 20.0 Å². The maximum Gasteiger partial charge on any atom is 0.333 e. The first kappa shape index (κ1) is 27.5. The van der Waals surface area contributed by atoms with Crippen LogP contribution in [0.5, 0.6) is 0 Å². The molecule has 0 aromatic rings. The second-order valence-corrected chi connectivity index (χ2v) is 4.97. The third-order valence-electron chi connectivity index (χ3n) is 2.65. The van der Waals surface area contributed by atoms with Crippen LogP contribution in [0.1, 0.15) is 52.9 Å². The van der Waals surface area contributed by atoms with Gasteiger partial charge in [-0.25, -0.2) is 14.4 Å². The highest BCUT2D eigenvalue weighted by Crippen LogP contribution is 2.03. The third-order valence-corrected chi connectivity index (χ3v) is 2.65. The number of ether oxygens (including phenoxy) is 2. The summed E-state index contributed by atoms with van der Waals surface area (Å²) >= 11 is 0. The Morgan fingerprint density at radius 2 is 1.56 bits per heavy atom. The van der Waals surface area contributed by atoms with E-state index in [0.717, 1.165) is 18.9 Å². The molecule has 0 aliphatic rings. The van der Waals surface area contributed by atoms with Crippen LogP contribution in [0.25, 0.3) is 0 Å². The summed E-state index contributed by atoms with van der Waals surface area (Å²) in [6.45, 7) is 16.1. The smallest absolute Gasteiger partial charge is 0.333 e. The van der Waals surface area contributed by atoms with Gasteiger partial charge in [-0.2, -0.15) is 0 Å². The highest BCUT2D eigenvalue weighted by Gasteiger charge is 2.04. The normalized spacial score (nSPS) is 8.48. The lowest BCUT2D eigenvalue weighted by atomic mass is 10.2. The van der Waals surface area contributed by atoms with Gasteiger partial charge in [-0.3, -0.25) is 0 Å². The minimum Gasteiger partial charge on any atom is -0.478 e. The van der Waals surface area contributed by atoms with Crippen molar-refractivity contribution in [2.45, 2.75) is 52.9 Å². The van der Waals surface area contributed by atoms with Crippen molar-refractivity contribution >= 4 is 17.9 Å². The number of esters is 2. The summed E-state index contributed by atoms with van der Waals surface area (Å²) in [5.74, 6) is -1.57. The van der Waals surface area contributed by atoms with Crippen LogP contribution in [0.3, 0.4) is 0 Å². The maximum atomic E-state index is 11.1. The van der Waals surface area contributed by atoms with Crippen LogP contribution in [-0.2, 0) is 23.9 Å². The monoisotopic (exact) mass is 356 g/mol. The van der Waals surface area contributed by atoms with Gasteiger partial charge in [0.2, 0.25) is 0 Å². The van der Waals surface area contributed by atoms with Crippen molar-refractivity contribution in [1.82, 2.24) is 0 Å². The van der Waals surface area contributed by atoms with Gasteiger partial charge in [0.15, 0.2) is 0 Å². The second kappa shape index (κ2) is 19.7. The number of hydrogen-bond acceptors (Lipinski definition) is 5. The van der Waals surface area contributed by atoms with Crippen molar-refractivity contribution in [2.75, 3.05) is 13.7 Å². The molecular formula is C19H32O6. The molecule has 6 heteroatoms. The zero-order valence-corrected chi connectivity index (χ0v) is 15.9. The average Bonchev–Trinajstić information content (AvgIpc) is 2.60. The first-order valence-electron chi connectivity index (χ1n) is 8.11. The van der Waals surface area contributed by atoms with E-state index in [-0.39, 0.29) is 11.9 Å². The molecule has 0 radical (unpaired) electrons. The number of aliphatic carboxylic acids is 1. The lowest BCUT2D eigenvalue weighted by Crippen LogP contribution is -2.07.